The van der Waals surface area contributed by atoms with Gasteiger partial charge >= 0.3 is 0 Å². The van der Waals surface area contributed by atoms with E-state index in [-0.39, 0.29) is 47.9 Å². The summed E-state index contributed by atoms with van der Waals surface area (Å²) >= 11 is 1.89. The van der Waals surface area contributed by atoms with E-state index in [1.165, 1.54) is 101 Å². The molecule has 2 aromatic heterocycles. The van der Waals surface area contributed by atoms with Crippen molar-refractivity contribution in [3.8, 4) is 21.7 Å². The Hall–Kier alpha value is -3.11. The van der Waals surface area contributed by atoms with E-state index in [1.54, 1.807) is 5.56 Å². The number of aryl methyl sites for hydroxylation is 1. The summed E-state index contributed by atoms with van der Waals surface area (Å²) in [6, 6.07) is 26.5. The van der Waals surface area contributed by atoms with Crippen molar-refractivity contribution in [1.29, 1.82) is 0 Å². The van der Waals surface area contributed by atoms with Gasteiger partial charge < -0.3 is 5.11 Å². The number of aromatic nitrogens is 1. The molecule has 2 fully saturated rings. The monoisotopic (exact) mass is 989 g/mol. The first-order valence-corrected chi connectivity index (χ1v) is 23.3. The van der Waals surface area contributed by atoms with Crippen molar-refractivity contribution >= 4 is 38.0 Å². The predicted octanol–water partition coefficient (Wildman–Crippen LogP) is 16.4. The number of fused-ring (bicyclic) bond motifs is 2. The Morgan fingerprint density at radius 2 is 1.44 bits per heavy atom. The molecule has 1 N–H and O–H groups in total. The Morgan fingerprint density at radius 1 is 0.831 bits per heavy atom. The fourth-order valence-corrected chi connectivity index (χ4v) is 10.9. The summed E-state index contributed by atoms with van der Waals surface area (Å²) in [5.74, 6) is 1.02. The molecule has 2 saturated carbocycles. The molecule has 59 heavy (non-hydrogen) atoms. The normalized spacial score (nSPS) is 16.5. The van der Waals surface area contributed by atoms with Gasteiger partial charge in [-0.1, -0.05) is 135 Å². The number of benzene rings is 3. The van der Waals surface area contributed by atoms with Gasteiger partial charge in [-0.3, -0.25) is 9.78 Å². The molecule has 0 aliphatic heterocycles. The van der Waals surface area contributed by atoms with E-state index in [0.29, 0.717) is 5.41 Å². The number of hydrogen-bond donors (Lipinski definition) is 1. The van der Waals surface area contributed by atoms with Crippen molar-refractivity contribution < 1.29 is 30.0 Å². The molecule has 1 radical (unpaired) electrons. The maximum Gasteiger partial charge on any atom is 0.164 e. The molecule has 3 aromatic carbocycles. The Balaban J connectivity index is 0.000000314. The number of ketones is 1. The number of carbonyl (C=O) groups excluding carboxylic acids is 1. The van der Waals surface area contributed by atoms with Crippen molar-refractivity contribution in [2.24, 2.45) is 16.2 Å². The Bertz CT molecular complexity index is 2210. The fourth-order valence-electron chi connectivity index (χ4n) is 9.55. The first-order valence-electron chi connectivity index (χ1n) is 22.5. The zero-order valence-corrected chi connectivity index (χ0v) is 41.0. The van der Waals surface area contributed by atoms with Gasteiger partial charge in [0.05, 0.1) is 0 Å². The number of nitrogens with zero attached hydrogens (tertiary/aromatic N) is 1. The molecule has 0 atom stereocenters. The van der Waals surface area contributed by atoms with Crippen LogP contribution in [0.2, 0.25) is 0 Å². The predicted molar refractivity (Wildman–Crippen MR) is 250 cm³/mol. The molecule has 0 amide bonds. The average Bonchev–Trinajstić information content (AvgIpc) is 3.59. The number of aliphatic hydroxyl groups is 1. The molecule has 0 bridgehead atoms. The van der Waals surface area contributed by atoms with Crippen LogP contribution >= 0.6 is 11.3 Å². The van der Waals surface area contributed by atoms with Crippen LogP contribution in [0.5, 0.6) is 0 Å². The summed E-state index contributed by atoms with van der Waals surface area (Å²) in [6.07, 6.45) is 19.7. The molecule has 319 valence electrons. The van der Waals surface area contributed by atoms with Gasteiger partial charge in [-0.05, 0) is 116 Å². The summed E-state index contributed by atoms with van der Waals surface area (Å²) in [5, 5.41) is 13.9. The van der Waals surface area contributed by atoms with Gasteiger partial charge in [-0.25, -0.2) is 0 Å². The van der Waals surface area contributed by atoms with Gasteiger partial charge in [-0.15, -0.1) is 40.5 Å². The number of hydrogen-bond acceptors (Lipinski definition) is 4. The van der Waals surface area contributed by atoms with Crippen LogP contribution in [0, 0.1) is 29.2 Å². The fraction of sp³-hybridized carbons (Fsp3) is 0.519. The van der Waals surface area contributed by atoms with E-state index in [1.807, 2.05) is 59.1 Å². The van der Waals surface area contributed by atoms with Crippen molar-refractivity contribution in [3.05, 3.63) is 101 Å². The van der Waals surface area contributed by atoms with Crippen molar-refractivity contribution in [1.82, 2.24) is 4.98 Å². The minimum Gasteiger partial charge on any atom is -0.512 e. The number of pyridine rings is 1. The third-order valence-corrected chi connectivity index (χ3v) is 16.3. The molecular formula is C54H70IrNO2S-. The third-order valence-electron chi connectivity index (χ3n) is 14.9. The van der Waals surface area contributed by atoms with Crippen LogP contribution in [-0.4, -0.2) is 15.9 Å². The van der Waals surface area contributed by atoms with Crippen LogP contribution in [0.1, 0.15) is 168 Å². The smallest absolute Gasteiger partial charge is 0.164 e. The number of thiophene rings is 1. The maximum atomic E-state index is 12.2. The number of rotatable bonds is 10. The van der Waals surface area contributed by atoms with Crippen LogP contribution in [0.4, 0.5) is 0 Å². The molecule has 5 aromatic rings. The molecule has 3 nitrogen and oxygen atoms in total. The molecule has 7 rings (SSSR count). The van der Waals surface area contributed by atoms with Crippen molar-refractivity contribution in [2.45, 2.75) is 164 Å². The van der Waals surface area contributed by atoms with Crippen molar-refractivity contribution in [2.75, 3.05) is 0 Å². The molecule has 1 spiro atoms. The zero-order chi connectivity index (χ0) is 41.9. The van der Waals surface area contributed by atoms with Crippen LogP contribution in [0.3, 0.4) is 0 Å². The summed E-state index contributed by atoms with van der Waals surface area (Å²) in [5.41, 5.74) is 7.84. The first-order chi connectivity index (χ1) is 27.6. The van der Waals surface area contributed by atoms with E-state index in [2.05, 4.69) is 94.4 Å². The maximum absolute atomic E-state index is 12.2. The standard InChI is InChI=1S/C39H42NS.C15H28O2.Ir/c1-26-32-18-23-40-35(31-24-30-10-6-7-11-33(30)34(25-31)38(2,3)4)37(32)41-36(26)29-14-12-27(13-15-29)28-16-21-39(22-17-28)19-8-5-9-20-39;1-7-14(5,8-2)12(16)11-13(17)15(6,9-3)10-4;/h6-7,10-15,18,23,25,28H,5,8-9,16-17,19-22H2,1-4H3;11,16H,7-10H2,1-6H3;/q-1;;/b;12-11-;. The number of allylic oxidation sites excluding steroid dienone is 2. The average molecular weight is 989 g/mol. The van der Waals surface area contributed by atoms with E-state index >= 15 is 0 Å². The summed E-state index contributed by atoms with van der Waals surface area (Å²) in [4.78, 5) is 18.5. The summed E-state index contributed by atoms with van der Waals surface area (Å²) < 4.78 is 1.26. The van der Waals surface area contributed by atoms with Gasteiger partial charge in [-0.2, -0.15) is 0 Å². The second-order valence-electron chi connectivity index (χ2n) is 19.4. The topological polar surface area (TPSA) is 50.2 Å². The Labute approximate surface area is 374 Å². The van der Waals surface area contributed by atoms with Gasteiger partial charge in [0.25, 0.3) is 0 Å². The van der Waals surface area contributed by atoms with Crippen LogP contribution < -0.4 is 0 Å². The molecular weight excluding hydrogens is 919 g/mol. The van der Waals surface area contributed by atoms with Gasteiger partial charge in [0.2, 0.25) is 0 Å². The Morgan fingerprint density at radius 3 is 2.03 bits per heavy atom. The van der Waals surface area contributed by atoms with Gasteiger partial charge in [0.1, 0.15) is 5.76 Å². The summed E-state index contributed by atoms with van der Waals surface area (Å²) in [6.45, 7) is 21.3. The SMILES string of the molecule is CCC(C)(CC)C(=O)/C=C(\O)C(C)(CC)CC.Cc1c(-c2ccc(C3CCC4(CCCCC4)CC3)cc2)sc2c(-c3[c-]c4ccccc4c(C(C)(C)C)c3)nccc12.[Ir]. The number of aliphatic hydroxyl groups excluding tert-OH is 1. The first kappa shape index (κ1) is 46.9. The van der Waals surface area contributed by atoms with E-state index in [4.69, 9.17) is 4.98 Å². The van der Waals surface area contributed by atoms with Crippen LogP contribution in [0.25, 0.3) is 42.6 Å². The summed E-state index contributed by atoms with van der Waals surface area (Å²) in [7, 11) is 0. The second kappa shape index (κ2) is 19.3. The van der Waals surface area contributed by atoms with E-state index < -0.39 is 0 Å². The quantitative estimate of drug-likeness (QED) is 0.0862. The van der Waals surface area contributed by atoms with Crippen molar-refractivity contribution in [3.63, 3.8) is 0 Å². The second-order valence-corrected chi connectivity index (χ2v) is 20.4. The minimum absolute atomic E-state index is 0. The molecule has 2 aliphatic carbocycles. The van der Waals surface area contributed by atoms with E-state index in [9.17, 15) is 9.90 Å². The van der Waals surface area contributed by atoms with Gasteiger partial charge in [0, 0.05) is 58.5 Å². The van der Waals surface area contributed by atoms with Gasteiger partial charge in [0.15, 0.2) is 5.78 Å². The minimum atomic E-state index is -0.337. The Kier molecular flexibility index (Phi) is 15.4. The largest absolute Gasteiger partial charge is 0.512 e. The van der Waals surface area contributed by atoms with Crippen LogP contribution in [0.15, 0.2) is 78.7 Å². The molecule has 5 heteroatoms. The molecule has 2 heterocycles. The molecule has 2 aliphatic rings. The zero-order valence-electron chi connectivity index (χ0n) is 37.7. The van der Waals surface area contributed by atoms with Crippen LogP contribution in [-0.2, 0) is 30.3 Å². The molecule has 0 unspecified atom stereocenters. The molecule has 0 saturated heterocycles. The number of carbonyl (C=O) groups is 1. The van der Waals surface area contributed by atoms with E-state index in [0.717, 1.165) is 48.2 Å². The third kappa shape index (κ3) is 10.0.